The third-order valence-electron chi connectivity index (χ3n) is 2.03. The van der Waals surface area contributed by atoms with Crippen molar-refractivity contribution in [3.63, 3.8) is 0 Å². The van der Waals surface area contributed by atoms with Gasteiger partial charge in [0, 0.05) is 19.2 Å². The van der Waals surface area contributed by atoms with Crippen molar-refractivity contribution >= 4 is 17.3 Å². The Morgan fingerprint density at radius 3 is 2.69 bits per heavy atom. The summed E-state index contributed by atoms with van der Waals surface area (Å²) >= 11 is 5.63. The maximum atomic E-state index is 11.5. The second-order valence-corrected chi connectivity index (χ2v) is 4.01. The van der Waals surface area contributed by atoms with Gasteiger partial charge in [0.15, 0.2) is 0 Å². The molecule has 0 fully saturated rings. The topological polar surface area (TPSA) is 68.4 Å². The summed E-state index contributed by atoms with van der Waals surface area (Å²) in [5.74, 6) is 0. The zero-order valence-electron chi connectivity index (χ0n) is 9.01. The number of halogens is 1. The van der Waals surface area contributed by atoms with Crippen LogP contribution in [-0.4, -0.2) is 35.0 Å². The number of aromatic nitrogens is 1. The van der Waals surface area contributed by atoms with Crippen LogP contribution in [0.3, 0.4) is 0 Å². The molecular weight excluding hydrogens is 234 g/mol. The molecule has 1 aromatic rings. The summed E-state index contributed by atoms with van der Waals surface area (Å²) in [6, 6.07) is 1.07. The maximum Gasteiger partial charge on any atom is 0.287 e. The molecular formula is C9H12ClN3O3. The smallest absolute Gasteiger partial charge is 0.287 e. The SMILES string of the molecule is CN(C)CCn1cc([N+](=O)[O-])cc(Cl)c1=O. The lowest BCUT2D eigenvalue weighted by Crippen LogP contribution is -2.26. The van der Waals surface area contributed by atoms with Crippen molar-refractivity contribution in [2.45, 2.75) is 6.54 Å². The van der Waals surface area contributed by atoms with Gasteiger partial charge in [-0.25, -0.2) is 0 Å². The Morgan fingerprint density at radius 1 is 1.56 bits per heavy atom. The molecule has 0 spiro atoms. The van der Waals surface area contributed by atoms with E-state index >= 15 is 0 Å². The summed E-state index contributed by atoms with van der Waals surface area (Å²) in [7, 11) is 3.70. The minimum Gasteiger partial charge on any atom is -0.308 e. The predicted molar refractivity (Wildman–Crippen MR) is 60.9 cm³/mol. The number of hydrogen-bond acceptors (Lipinski definition) is 4. The maximum absolute atomic E-state index is 11.5. The molecule has 0 saturated heterocycles. The van der Waals surface area contributed by atoms with Gasteiger partial charge in [0.2, 0.25) is 0 Å². The van der Waals surface area contributed by atoms with Crippen LogP contribution in [0.25, 0.3) is 0 Å². The van der Waals surface area contributed by atoms with E-state index in [1.54, 1.807) is 0 Å². The first-order chi connectivity index (χ1) is 7.41. The Bertz CT molecular complexity index is 456. The molecule has 0 aliphatic heterocycles. The van der Waals surface area contributed by atoms with E-state index in [9.17, 15) is 14.9 Å². The van der Waals surface area contributed by atoms with Crippen LogP contribution in [0.1, 0.15) is 0 Å². The van der Waals surface area contributed by atoms with E-state index in [1.165, 1.54) is 10.8 Å². The molecule has 0 aliphatic rings. The van der Waals surface area contributed by atoms with Crippen LogP contribution in [0.15, 0.2) is 17.1 Å². The molecule has 88 valence electrons. The molecule has 1 rings (SSSR count). The average Bonchev–Trinajstić information content (AvgIpc) is 2.19. The Hall–Kier alpha value is -1.40. The van der Waals surface area contributed by atoms with Gasteiger partial charge >= 0.3 is 0 Å². The first-order valence-corrected chi connectivity index (χ1v) is 4.98. The summed E-state index contributed by atoms with van der Waals surface area (Å²) in [6.45, 7) is 0.977. The van der Waals surface area contributed by atoms with Gasteiger partial charge in [-0.1, -0.05) is 11.6 Å². The fourth-order valence-corrected chi connectivity index (χ4v) is 1.38. The first kappa shape index (κ1) is 12.7. The minimum absolute atomic E-state index is 0.132. The van der Waals surface area contributed by atoms with E-state index < -0.39 is 10.5 Å². The van der Waals surface area contributed by atoms with Gasteiger partial charge in [0.05, 0.1) is 11.1 Å². The molecule has 1 aromatic heterocycles. The molecule has 0 N–H and O–H groups in total. The van der Waals surface area contributed by atoms with Gasteiger partial charge in [-0.3, -0.25) is 14.9 Å². The molecule has 0 aliphatic carbocycles. The zero-order chi connectivity index (χ0) is 12.3. The summed E-state index contributed by atoms with van der Waals surface area (Å²) in [4.78, 5) is 23.4. The van der Waals surface area contributed by atoms with Crippen LogP contribution in [0.2, 0.25) is 5.02 Å². The van der Waals surface area contributed by atoms with Crippen molar-refractivity contribution in [2.24, 2.45) is 0 Å². The van der Waals surface area contributed by atoms with Crippen molar-refractivity contribution in [3.8, 4) is 0 Å². The molecule has 0 saturated carbocycles. The second-order valence-electron chi connectivity index (χ2n) is 3.61. The van der Waals surface area contributed by atoms with E-state index in [0.717, 1.165) is 6.07 Å². The molecule has 0 aromatic carbocycles. The van der Waals surface area contributed by atoms with Gasteiger partial charge in [-0.15, -0.1) is 0 Å². The van der Waals surface area contributed by atoms with Crippen molar-refractivity contribution < 1.29 is 4.92 Å². The normalized spacial score (nSPS) is 10.8. The highest BCUT2D eigenvalue weighted by Gasteiger charge is 2.12. The number of pyridine rings is 1. The van der Waals surface area contributed by atoms with E-state index in [0.29, 0.717) is 13.1 Å². The number of hydrogen-bond donors (Lipinski definition) is 0. The summed E-state index contributed by atoms with van der Waals surface area (Å²) in [6.07, 6.45) is 1.21. The van der Waals surface area contributed by atoms with Gasteiger partial charge in [-0.05, 0) is 14.1 Å². The number of rotatable bonds is 4. The number of nitrogens with zero attached hydrogens (tertiary/aromatic N) is 3. The van der Waals surface area contributed by atoms with Crippen molar-refractivity contribution in [3.05, 3.63) is 37.8 Å². The monoisotopic (exact) mass is 245 g/mol. The third-order valence-corrected chi connectivity index (χ3v) is 2.30. The van der Waals surface area contributed by atoms with Crippen molar-refractivity contribution in [2.75, 3.05) is 20.6 Å². The minimum atomic E-state index is -0.572. The van der Waals surface area contributed by atoms with Crippen LogP contribution in [-0.2, 0) is 6.54 Å². The summed E-state index contributed by atoms with van der Waals surface area (Å²) in [5, 5.41) is 10.4. The number of likely N-dealkylation sites (N-methyl/N-ethyl adjacent to an activating group) is 1. The first-order valence-electron chi connectivity index (χ1n) is 4.61. The fraction of sp³-hybridized carbons (Fsp3) is 0.444. The highest BCUT2D eigenvalue weighted by Crippen LogP contribution is 2.13. The van der Waals surface area contributed by atoms with Gasteiger partial charge < -0.3 is 9.47 Å². The van der Waals surface area contributed by atoms with E-state index in [2.05, 4.69) is 0 Å². The van der Waals surface area contributed by atoms with Gasteiger partial charge in [0.25, 0.3) is 11.2 Å². The largest absolute Gasteiger partial charge is 0.308 e. The van der Waals surface area contributed by atoms with Crippen LogP contribution in [0.4, 0.5) is 5.69 Å². The summed E-state index contributed by atoms with van der Waals surface area (Å²) < 4.78 is 1.25. The van der Waals surface area contributed by atoms with Crippen molar-refractivity contribution in [1.82, 2.24) is 9.47 Å². The van der Waals surface area contributed by atoms with Crippen LogP contribution in [0.5, 0.6) is 0 Å². The Balaban J connectivity index is 3.07. The van der Waals surface area contributed by atoms with E-state index in [1.807, 2.05) is 19.0 Å². The highest BCUT2D eigenvalue weighted by atomic mass is 35.5. The summed E-state index contributed by atoms with van der Waals surface area (Å²) in [5.41, 5.74) is -0.586. The Morgan fingerprint density at radius 2 is 2.19 bits per heavy atom. The molecule has 6 nitrogen and oxygen atoms in total. The molecule has 7 heteroatoms. The highest BCUT2D eigenvalue weighted by molar-refractivity contribution is 6.30. The molecule has 0 bridgehead atoms. The third kappa shape index (κ3) is 3.04. The Labute approximate surface area is 97.2 Å². The Kier molecular flexibility index (Phi) is 4.03. The zero-order valence-corrected chi connectivity index (χ0v) is 9.77. The fourth-order valence-electron chi connectivity index (χ4n) is 1.16. The van der Waals surface area contributed by atoms with Gasteiger partial charge in [0.1, 0.15) is 5.02 Å². The molecule has 16 heavy (non-hydrogen) atoms. The van der Waals surface area contributed by atoms with E-state index in [4.69, 9.17) is 11.6 Å². The second kappa shape index (κ2) is 5.09. The van der Waals surface area contributed by atoms with Crippen LogP contribution < -0.4 is 5.56 Å². The molecule has 0 amide bonds. The van der Waals surface area contributed by atoms with Crippen molar-refractivity contribution in [1.29, 1.82) is 0 Å². The lowest BCUT2D eigenvalue weighted by atomic mass is 10.4. The molecule has 1 heterocycles. The molecule has 0 atom stereocenters. The standard InChI is InChI=1S/C9H12ClN3O3/c1-11(2)3-4-12-6-7(13(15)16)5-8(10)9(12)14/h5-6H,3-4H2,1-2H3. The number of nitro groups is 1. The van der Waals surface area contributed by atoms with Crippen LogP contribution >= 0.6 is 11.6 Å². The lowest BCUT2D eigenvalue weighted by Gasteiger charge is -2.11. The van der Waals surface area contributed by atoms with Gasteiger partial charge in [-0.2, -0.15) is 0 Å². The van der Waals surface area contributed by atoms with Crippen LogP contribution in [0, 0.1) is 10.1 Å². The molecule has 0 radical (unpaired) electrons. The predicted octanol–water partition coefficient (Wildman–Crippen LogP) is 0.971. The lowest BCUT2D eigenvalue weighted by molar-refractivity contribution is -0.385. The average molecular weight is 246 g/mol. The van der Waals surface area contributed by atoms with E-state index in [-0.39, 0.29) is 10.7 Å². The quantitative estimate of drug-likeness (QED) is 0.586. The molecule has 0 unspecified atom stereocenters.